The molecule has 0 aliphatic carbocycles. The van der Waals surface area contributed by atoms with Crippen LogP contribution in [-0.2, 0) is 0 Å². The van der Waals surface area contributed by atoms with Gasteiger partial charge in [-0.05, 0) is 31.5 Å². The number of halogens is 4. The highest BCUT2D eigenvalue weighted by Gasteiger charge is 2.44. The van der Waals surface area contributed by atoms with E-state index in [1.54, 1.807) is 12.1 Å². The Hall–Kier alpha value is -0.980. The Morgan fingerprint density at radius 3 is 2.09 bits per heavy atom. The molecule has 22 heavy (non-hydrogen) atoms. The zero-order valence-electron chi connectivity index (χ0n) is 12.7. The van der Waals surface area contributed by atoms with Crippen molar-refractivity contribution in [3.05, 3.63) is 29.8 Å². The summed E-state index contributed by atoms with van der Waals surface area (Å²) >= 11 is 0. The van der Waals surface area contributed by atoms with Crippen LogP contribution >= 0.6 is 12.4 Å². The molecule has 0 spiro atoms. The zero-order valence-corrected chi connectivity index (χ0v) is 13.5. The Morgan fingerprint density at radius 1 is 1.09 bits per heavy atom. The van der Waals surface area contributed by atoms with Crippen LogP contribution in [0.4, 0.5) is 13.2 Å². The molecule has 1 aliphatic heterocycles. The van der Waals surface area contributed by atoms with Gasteiger partial charge in [0, 0.05) is 26.2 Å². The van der Waals surface area contributed by atoms with Gasteiger partial charge in [-0.1, -0.05) is 12.1 Å². The second kappa shape index (κ2) is 8.04. The second-order valence-electron chi connectivity index (χ2n) is 5.47. The first-order valence-corrected chi connectivity index (χ1v) is 7.16. The zero-order chi connectivity index (χ0) is 15.5. The molecule has 0 amide bonds. The third-order valence-electron chi connectivity index (χ3n) is 3.39. The van der Waals surface area contributed by atoms with E-state index in [0.717, 1.165) is 0 Å². The first-order chi connectivity index (χ1) is 9.88. The maximum atomic E-state index is 13.4. The molecule has 1 N–H and O–H groups in total. The minimum absolute atomic E-state index is 0. The van der Waals surface area contributed by atoms with Crippen molar-refractivity contribution in [1.82, 2.24) is 10.2 Å². The van der Waals surface area contributed by atoms with Gasteiger partial charge in [0.15, 0.2) is 0 Å². The van der Waals surface area contributed by atoms with E-state index in [9.17, 15) is 13.2 Å². The van der Waals surface area contributed by atoms with E-state index in [0.29, 0.717) is 31.9 Å². The molecule has 0 aromatic heterocycles. The molecule has 1 aromatic rings. The van der Waals surface area contributed by atoms with Gasteiger partial charge in [-0.15, -0.1) is 12.4 Å². The van der Waals surface area contributed by atoms with Crippen LogP contribution in [-0.4, -0.2) is 43.4 Å². The van der Waals surface area contributed by atoms with Gasteiger partial charge in [0.1, 0.15) is 11.8 Å². The molecular weight excluding hydrogens is 317 g/mol. The molecule has 1 heterocycles. The minimum atomic E-state index is -4.28. The van der Waals surface area contributed by atoms with E-state index >= 15 is 0 Å². The van der Waals surface area contributed by atoms with Gasteiger partial charge in [-0.3, -0.25) is 4.90 Å². The van der Waals surface area contributed by atoms with Crippen molar-refractivity contribution in [1.29, 1.82) is 0 Å². The summed E-state index contributed by atoms with van der Waals surface area (Å²) in [7, 11) is 0. The quantitative estimate of drug-likeness (QED) is 0.910. The third kappa shape index (κ3) is 5.04. The maximum absolute atomic E-state index is 13.4. The Balaban J connectivity index is 0.00000242. The highest BCUT2D eigenvalue weighted by Crippen LogP contribution is 2.38. The van der Waals surface area contributed by atoms with Gasteiger partial charge in [0.25, 0.3) is 0 Å². The van der Waals surface area contributed by atoms with Crippen molar-refractivity contribution in [2.75, 3.05) is 26.2 Å². The van der Waals surface area contributed by atoms with Crippen molar-refractivity contribution in [3.63, 3.8) is 0 Å². The average Bonchev–Trinajstić information content (AvgIpc) is 2.40. The SMILES string of the molecule is CC(C)Oc1ccc([C@H](N2CCNCC2)C(F)(F)F)cc1.Cl. The van der Waals surface area contributed by atoms with E-state index < -0.39 is 12.2 Å². The molecule has 1 fully saturated rings. The van der Waals surface area contributed by atoms with E-state index in [-0.39, 0.29) is 24.1 Å². The van der Waals surface area contributed by atoms with Gasteiger partial charge >= 0.3 is 6.18 Å². The molecule has 1 aliphatic rings. The molecule has 7 heteroatoms. The second-order valence-corrected chi connectivity index (χ2v) is 5.47. The van der Waals surface area contributed by atoms with Gasteiger partial charge < -0.3 is 10.1 Å². The average molecular weight is 339 g/mol. The number of rotatable bonds is 4. The Labute approximate surface area is 135 Å². The molecule has 0 unspecified atom stereocenters. The summed E-state index contributed by atoms with van der Waals surface area (Å²) in [5.74, 6) is 0.593. The number of hydrogen-bond donors (Lipinski definition) is 1. The summed E-state index contributed by atoms with van der Waals surface area (Å²) < 4.78 is 45.7. The highest BCUT2D eigenvalue weighted by atomic mass is 35.5. The highest BCUT2D eigenvalue weighted by molar-refractivity contribution is 5.85. The van der Waals surface area contributed by atoms with Crippen molar-refractivity contribution in [2.24, 2.45) is 0 Å². The fourth-order valence-electron chi connectivity index (χ4n) is 2.55. The van der Waals surface area contributed by atoms with Crippen LogP contribution in [0.25, 0.3) is 0 Å². The first-order valence-electron chi connectivity index (χ1n) is 7.16. The smallest absolute Gasteiger partial charge is 0.408 e. The number of alkyl halides is 3. The van der Waals surface area contributed by atoms with Crippen LogP contribution in [0.1, 0.15) is 25.5 Å². The van der Waals surface area contributed by atoms with Crippen LogP contribution in [0.15, 0.2) is 24.3 Å². The van der Waals surface area contributed by atoms with Crippen molar-refractivity contribution in [2.45, 2.75) is 32.2 Å². The van der Waals surface area contributed by atoms with Crippen molar-refractivity contribution in [3.8, 4) is 5.75 Å². The molecule has 0 saturated carbocycles. The van der Waals surface area contributed by atoms with E-state index in [2.05, 4.69) is 5.32 Å². The largest absolute Gasteiger partial charge is 0.491 e. The van der Waals surface area contributed by atoms with Crippen LogP contribution in [0, 0.1) is 0 Å². The lowest BCUT2D eigenvalue weighted by Crippen LogP contribution is -2.49. The maximum Gasteiger partial charge on any atom is 0.408 e. The van der Waals surface area contributed by atoms with Gasteiger partial charge in [-0.25, -0.2) is 0 Å². The molecule has 0 radical (unpaired) electrons. The van der Waals surface area contributed by atoms with Gasteiger partial charge in [0.2, 0.25) is 0 Å². The third-order valence-corrected chi connectivity index (χ3v) is 3.39. The number of ether oxygens (including phenoxy) is 1. The summed E-state index contributed by atoms with van der Waals surface area (Å²) in [6.07, 6.45) is -4.28. The minimum Gasteiger partial charge on any atom is -0.491 e. The Kier molecular flexibility index (Phi) is 6.97. The lowest BCUT2D eigenvalue weighted by molar-refractivity contribution is -0.187. The van der Waals surface area contributed by atoms with E-state index in [1.165, 1.54) is 17.0 Å². The summed E-state index contributed by atoms with van der Waals surface area (Å²) in [6.45, 7) is 5.73. The monoisotopic (exact) mass is 338 g/mol. The predicted octanol–water partition coefficient (Wildman–Crippen LogP) is 3.40. The topological polar surface area (TPSA) is 24.5 Å². The molecule has 1 aromatic carbocycles. The number of nitrogens with zero attached hydrogens (tertiary/aromatic N) is 1. The van der Waals surface area contributed by atoms with Crippen molar-refractivity contribution >= 4 is 12.4 Å². The number of benzene rings is 1. The summed E-state index contributed by atoms with van der Waals surface area (Å²) in [6, 6.07) is 4.69. The van der Waals surface area contributed by atoms with Gasteiger partial charge in [0.05, 0.1) is 6.10 Å². The molecule has 2 rings (SSSR count). The van der Waals surface area contributed by atoms with Crippen LogP contribution in [0.5, 0.6) is 5.75 Å². The van der Waals surface area contributed by atoms with Crippen LogP contribution in [0.3, 0.4) is 0 Å². The lowest BCUT2D eigenvalue weighted by Gasteiger charge is -2.36. The normalized spacial score (nSPS) is 17.9. The molecular formula is C15H22ClF3N2O. The molecule has 0 bridgehead atoms. The summed E-state index contributed by atoms with van der Waals surface area (Å²) in [5, 5.41) is 3.07. The van der Waals surface area contributed by atoms with Gasteiger partial charge in [-0.2, -0.15) is 13.2 Å². The molecule has 3 nitrogen and oxygen atoms in total. The lowest BCUT2D eigenvalue weighted by atomic mass is 10.0. The fourth-order valence-corrected chi connectivity index (χ4v) is 2.55. The summed E-state index contributed by atoms with van der Waals surface area (Å²) in [5.41, 5.74) is 0.264. The summed E-state index contributed by atoms with van der Waals surface area (Å²) in [4.78, 5) is 1.48. The Morgan fingerprint density at radius 2 is 1.64 bits per heavy atom. The number of nitrogens with one attached hydrogen (secondary N) is 1. The van der Waals surface area contributed by atoms with Crippen molar-refractivity contribution < 1.29 is 17.9 Å². The van der Waals surface area contributed by atoms with E-state index in [4.69, 9.17) is 4.74 Å². The standard InChI is InChI=1S/C15H21F3N2O.ClH/c1-11(2)21-13-5-3-12(4-6-13)14(15(16,17)18)20-9-7-19-8-10-20;/h3-6,11,14,19H,7-10H2,1-2H3;1H/t14-;/m0./s1. The molecule has 1 atom stereocenters. The number of piperazine rings is 1. The van der Waals surface area contributed by atoms with E-state index in [1.807, 2.05) is 13.8 Å². The Bertz CT molecular complexity index is 445. The first kappa shape index (κ1) is 19.1. The van der Waals surface area contributed by atoms with Crippen LogP contribution in [0.2, 0.25) is 0 Å². The predicted molar refractivity (Wildman–Crippen MR) is 82.7 cm³/mol. The number of hydrogen-bond acceptors (Lipinski definition) is 3. The molecule has 1 saturated heterocycles. The fraction of sp³-hybridized carbons (Fsp3) is 0.600. The van der Waals surface area contributed by atoms with Crippen LogP contribution < -0.4 is 10.1 Å². The molecule has 126 valence electrons.